The number of halogens is 1. The van der Waals surface area contributed by atoms with Crippen molar-refractivity contribution in [2.45, 2.75) is 6.42 Å². The van der Waals surface area contributed by atoms with E-state index in [1.165, 1.54) is 17.0 Å². The maximum Gasteiger partial charge on any atom is 0.278 e. The molecule has 0 saturated heterocycles. The van der Waals surface area contributed by atoms with Gasteiger partial charge in [0.25, 0.3) is 11.8 Å². The molecule has 32 heavy (non-hydrogen) atoms. The summed E-state index contributed by atoms with van der Waals surface area (Å²) in [5, 5.41) is 3.12. The Morgan fingerprint density at radius 3 is 2.41 bits per heavy atom. The van der Waals surface area contributed by atoms with Crippen LogP contribution in [0, 0.1) is 5.82 Å². The molecule has 3 aromatic rings. The summed E-state index contributed by atoms with van der Waals surface area (Å²) in [6.07, 6.45) is 0.428. The number of hydrogen-bond acceptors (Lipinski definition) is 5. The van der Waals surface area contributed by atoms with Gasteiger partial charge in [-0.25, -0.2) is 4.39 Å². The topological polar surface area (TPSA) is 67.9 Å². The second-order valence-electron chi connectivity index (χ2n) is 7.45. The minimum atomic E-state index is -0.409. The number of ether oxygens (including phenoxy) is 2. The first-order valence-electron chi connectivity index (χ1n) is 10.2. The van der Waals surface area contributed by atoms with E-state index in [2.05, 4.69) is 5.32 Å². The minimum Gasteiger partial charge on any atom is -0.454 e. The van der Waals surface area contributed by atoms with Gasteiger partial charge in [-0.15, -0.1) is 0 Å². The molecule has 7 heteroatoms. The number of anilines is 1. The smallest absolute Gasteiger partial charge is 0.278 e. The van der Waals surface area contributed by atoms with Gasteiger partial charge in [0.05, 0.1) is 5.57 Å². The van der Waals surface area contributed by atoms with Gasteiger partial charge in [-0.05, 0) is 41.8 Å². The summed E-state index contributed by atoms with van der Waals surface area (Å²) in [6, 6.07) is 20.4. The standard InChI is InChI=1S/C25H19FN2O4/c26-18-8-6-16(7-9-18)12-13-28-24(29)22(17-4-2-1-3-5-17)23(25(28)30)27-19-10-11-20-21(14-19)32-15-31-20/h1-11,14,27H,12-13,15H2. The van der Waals surface area contributed by atoms with E-state index in [4.69, 9.17) is 9.47 Å². The second-order valence-corrected chi connectivity index (χ2v) is 7.45. The van der Waals surface area contributed by atoms with Crippen LogP contribution in [0.3, 0.4) is 0 Å². The molecule has 0 unspecified atom stereocenters. The van der Waals surface area contributed by atoms with Crippen LogP contribution in [-0.2, 0) is 16.0 Å². The third-order valence-electron chi connectivity index (χ3n) is 5.41. The molecule has 0 aromatic heterocycles. The predicted molar refractivity (Wildman–Crippen MR) is 116 cm³/mol. The first-order valence-corrected chi connectivity index (χ1v) is 10.2. The van der Waals surface area contributed by atoms with E-state index >= 15 is 0 Å². The van der Waals surface area contributed by atoms with Crippen molar-refractivity contribution in [2.24, 2.45) is 0 Å². The minimum absolute atomic E-state index is 0.144. The fourth-order valence-corrected chi connectivity index (χ4v) is 3.78. The number of rotatable bonds is 6. The van der Waals surface area contributed by atoms with Crippen molar-refractivity contribution in [1.29, 1.82) is 0 Å². The first kappa shape index (κ1) is 19.8. The predicted octanol–water partition coefficient (Wildman–Crippen LogP) is 3.99. The quantitative estimate of drug-likeness (QED) is 0.599. The average molecular weight is 430 g/mol. The number of amides is 2. The summed E-state index contributed by atoms with van der Waals surface area (Å²) >= 11 is 0. The zero-order valence-electron chi connectivity index (χ0n) is 17.0. The van der Waals surface area contributed by atoms with E-state index in [1.807, 2.05) is 18.2 Å². The molecule has 2 heterocycles. The number of nitrogens with zero attached hydrogens (tertiary/aromatic N) is 1. The molecule has 0 spiro atoms. The molecule has 160 valence electrons. The molecule has 0 saturated carbocycles. The molecule has 0 atom stereocenters. The summed E-state index contributed by atoms with van der Waals surface area (Å²) in [7, 11) is 0. The van der Waals surface area contributed by atoms with Crippen molar-refractivity contribution in [1.82, 2.24) is 4.90 Å². The van der Waals surface area contributed by atoms with Crippen LogP contribution in [0.1, 0.15) is 11.1 Å². The van der Waals surface area contributed by atoms with Gasteiger partial charge in [0.2, 0.25) is 6.79 Å². The summed E-state index contributed by atoms with van der Waals surface area (Å²) in [6.45, 7) is 0.331. The van der Waals surface area contributed by atoms with Crippen LogP contribution < -0.4 is 14.8 Å². The van der Waals surface area contributed by atoms with Crippen molar-refractivity contribution in [3.8, 4) is 11.5 Å². The van der Waals surface area contributed by atoms with E-state index in [0.717, 1.165) is 5.56 Å². The number of carbonyl (C=O) groups excluding carboxylic acids is 2. The lowest BCUT2D eigenvalue weighted by Gasteiger charge is -2.15. The molecule has 6 nitrogen and oxygen atoms in total. The van der Waals surface area contributed by atoms with Crippen molar-refractivity contribution in [3.63, 3.8) is 0 Å². The third kappa shape index (κ3) is 3.69. The maximum atomic E-state index is 13.3. The Morgan fingerprint density at radius 1 is 0.875 bits per heavy atom. The van der Waals surface area contributed by atoms with Crippen molar-refractivity contribution >= 4 is 23.1 Å². The number of nitrogens with one attached hydrogen (secondary N) is 1. The highest BCUT2D eigenvalue weighted by molar-refractivity contribution is 6.36. The maximum absolute atomic E-state index is 13.3. The van der Waals surface area contributed by atoms with Gasteiger partial charge in [0.15, 0.2) is 11.5 Å². The number of hydrogen-bond donors (Lipinski definition) is 1. The van der Waals surface area contributed by atoms with Gasteiger partial charge in [-0.2, -0.15) is 0 Å². The van der Waals surface area contributed by atoms with E-state index in [9.17, 15) is 14.0 Å². The Labute approximate surface area is 183 Å². The molecular weight excluding hydrogens is 411 g/mol. The molecule has 1 N–H and O–H groups in total. The molecule has 0 radical (unpaired) electrons. The molecule has 2 aliphatic rings. The normalized spacial score (nSPS) is 15.0. The van der Waals surface area contributed by atoms with E-state index < -0.39 is 5.91 Å². The molecule has 2 amide bonds. The fourth-order valence-electron chi connectivity index (χ4n) is 3.78. The molecule has 0 aliphatic carbocycles. The highest BCUT2D eigenvalue weighted by Crippen LogP contribution is 2.36. The van der Waals surface area contributed by atoms with Crippen LogP contribution in [0.15, 0.2) is 78.5 Å². The van der Waals surface area contributed by atoms with Crippen LogP contribution in [0.25, 0.3) is 5.57 Å². The van der Waals surface area contributed by atoms with Gasteiger partial charge in [0, 0.05) is 18.3 Å². The number of imide groups is 1. The largest absolute Gasteiger partial charge is 0.454 e. The Morgan fingerprint density at radius 2 is 1.62 bits per heavy atom. The second kappa shape index (κ2) is 8.19. The molecule has 0 fully saturated rings. The summed E-state index contributed by atoms with van der Waals surface area (Å²) < 4.78 is 23.9. The van der Waals surface area contributed by atoms with Crippen LogP contribution >= 0.6 is 0 Å². The molecular formula is C25H19FN2O4. The molecule has 3 aromatic carbocycles. The van der Waals surface area contributed by atoms with Crippen LogP contribution in [-0.4, -0.2) is 30.1 Å². The van der Waals surface area contributed by atoms with Crippen LogP contribution in [0.2, 0.25) is 0 Å². The first-order chi connectivity index (χ1) is 15.6. The number of fused-ring (bicyclic) bond motifs is 1. The van der Waals surface area contributed by atoms with Crippen LogP contribution in [0.4, 0.5) is 10.1 Å². The average Bonchev–Trinajstić information content (AvgIpc) is 3.36. The zero-order valence-corrected chi connectivity index (χ0v) is 17.0. The Kier molecular flexibility index (Phi) is 5.07. The van der Waals surface area contributed by atoms with Gasteiger partial charge in [0.1, 0.15) is 11.5 Å². The molecule has 5 rings (SSSR count). The van der Waals surface area contributed by atoms with Crippen molar-refractivity contribution < 1.29 is 23.5 Å². The van der Waals surface area contributed by atoms with Gasteiger partial charge >= 0.3 is 0 Å². The number of benzene rings is 3. The lowest BCUT2D eigenvalue weighted by molar-refractivity contribution is -0.136. The molecule has 2 aliphatic heterocycles. The van der Waals surface area contributed by atoms with E-state index in [1.54, 1.807) is 42.5 Å². The SMILES string of the molecule is O=C1C(Nc2ccc3c(c2)OCO3)=C(c2ccccc2)C(=O)N1CCc1ccc(F)cc1. The lowest BCUT2D eigenvalue weighted by Crippen LogP contribution is -2.34. The Bertz CT molecular complexity index is 1220. The van der Waals surface area contributed by atoms with Gasteiger partial charge < -0.3 is 14.8 Å². The van der Waals surface area contributed by atoms with E-state index in [0.29, 0.717) is 34.7 Å². The summed E-state index contributed by atoms with van der Waals surface area (Å²) in [5.41, 5.74) is 2.62. The highest BCUT2D eigenvalue weighted by atomic mass is 19.1. The van der Waals surface area contributed by atoms with Gasteiger partial charge in [-0.1, -0.05) is 42.5 Å². The Hall–Kier alpha value is -4.13. The number of carbonyl (C=O) groups is 2. The van der Waals surface area contributed by atoms with E-state index in [-0.39, 0.29) is 30.8 Å². The highest BCUT2D eigenvalue weighted by Gasteiger charge is 2.39. The fraction of sp³-hybridized carbons (Fsp3) is 0.120. The monoisotopic (exact) mass is 430 g/mol. The third-order valence-corrected chi connectivity index (χ3v) is 5.41. The lowest BCUT2D eigenvalue weighted by atomic mass is 10.0. The summed E-state index contributed by atoms with van der Waals surface area (Å²) in [4.78, 5) is 27.8. The summed E-state index contributed by atoms with van der Waals surface area (Å²) in [5.74, 6) is 0.0925. The van der Waals surface area contributed by atoms with Crippen molar-refractivity contribution in [2.75, 3.05) is 18.7 Å². The Balaban J connectivity index is 1.44. The van der Waals surface area contributed by atoms with Crippen LogP contribution in [0.5, 0.6) is 11.5 Å². The zero-order chi connectivity index (χ0) is 22.1. The molecule has 0 bridgehead atoms. The van der Waals surface area contributed by atoms with Crippen molar-refractivity contribution in [3.05, 3.63) is 95.4 Å². The van der Waals surface area contributed by atoms with Gasteiger partial charge in [-0.3, -0.25) is 14.5 Å².